The minimum Gasteiger partial charge on any atom is -0.369 e. The van der Waals surface area contributed by atoms with Crippen LogP contribution in [-0.2, 0) is 11.2 Å². The third-order valence-corrected chi connectivity index (χ3v) is 2.22. The lowest BCUT2D eigenvalue weighted by Crippen LogP contribution is -2.24. The van der Waals surface area contributed by atoms with E-state index in [1.807, 2.05) is 37.3 Å². The van der Waals surface area contributed by atoms with E-state index in [0.29, 0.717) is 0 Å². The highest BCUT2D eigenvalue weighted by Gasteiger charge is 2.12. The molecule has 0 aliphatic carbocycles. The summed E-state index contributed by atoms with van der Waals surface area (Å²) in [5, 5.41) is 0. The van der Waals surface area contributed by atoms with E-state index in [1.165, 1.54) is 5.56 Å². The lowest BCUT2D eigenvalue weighted by molar-refractivity contribution is -0.121. The third kappa shape index (κ3) is 2.90. The zero-order chi connectivity index (χ0) is 9.68. The van der Waals surface area contributed by atoms with Gasteiger partial charge in [-0.05, 0) is 18.4 Å². The number of hydrogen-bond acceptors (Lipinski definition) is 1. The topological polar surface area (TPSA) is 43.1 Å². The molecular weight excluding hydrogens is 162 g/mol. The molecule has 1 aromatic carbocycles. The van der Waals surface area contributed by atoms with E-state index in [0.717, 1.165) is 12.8 Å². The molecule has 1 rings (SSSR count). The van der Waals surface area contributed by atoms with Gasteiger partial charge in [0.2, 0.25) is 5.91 Å². The molecule has 13 heavy (non-hydrogen) atoms. The second-order valence-electron chi connectivity index (χ2n) is 3.20. The zero-order valence-electron chi connectivity index (χ0n) is 7.86. The Morgan fingerprint density at radius 2 is 2.00 bits per heavy atom. The number of rotatable bonds is 4. The second-order valence-corrected chi connectivity index (χ2v) is 3.20. The number of primary amides is 1. The minimum atomic E-state index is -0.202. The summed E-state index contributed by atoms with van der Waals surface area (Å²) >= 11 is 0. The van der Waals surface area contributed by atoms with Gasteiger partial charge in [-0.15, -0.1) is 0 Å². The molecule has 70 valence electrons. The Kier molecular flexibility index (Phi) is 3.50. The van der Waals surface area contributed by atoms with E-state index in [-0.39, 0.29) is 11.8 Å². The molecule has 0 aromatic heterocycles. The summed E-state index contributed by atoms with van der Waals surface area (Å²) in [5.74, 6) is -0.228. The zero-order valence-corrected chi connectivity index (χ0v) is 7.86. The predicted molar refractivity (Wildman–Crippen MR) is 53.1 cm³/mol. The van der Waals surface area contributed by atoms with Crippen LogP contribution < -0.4 is 5.73 Å². The van der Waals surface area contributed by atoms with Gasteiger partial charge in [0.15, 0.2) is 0 Å². The maximum atomic E-state index is 11.0. The predicted octanol–water partition coefficient (Wildman–Crippen LogP) is 1.74. The first kappa shape index (κ1) is 9.78. The van der Waals surface area contributed by atoms with Crippen molar-refractivity contribution in [2.24, 2.45) is 11.7 Å². The van der Waals surface area contributed by atoms with Crippen LogP contribution in [0.4, 0.5) is 0 Å². The molecule has 2 heteroatoms. The molecule has 0 unspecified atom stereocenters. The summed E-state index contributed by atoms with van der Waals surface area (Å²) in [7, 11) is 0. The lowest BCUT2D eigenvalue weighted by Gasteiger charge is -2.09. The Bertz CT molecular complexity index is 269. The third-order valence-electron chi connectivity index (χ3n) is 2.22. The van der Waals surface area contributed by atoms with E-state index in [4.69, 9.17) is 5.73 Å². The first-order chi connectivity index (χ1) is 6.24. The minimum absolute atomic E-state index is 0.0256. The normalized spacial score (nSPS) is 12.4. The van der Waals surface area contributed by atoms with Crippen LogP contribution in [0.5, 0.6) is 0 Å². The number of carbonyl (C=O) groups excluding carboxylic acids is 1. The van der Waals surface area contributed by atoms with E-state index < -0.39 is 0 Å². The van der Waals surface area contributed by atoms with Crippen LogP contribution in [0.3, 0.4) is 0 Å². The molecule has 2 nitrogen and oxygen atoms in total. The van der Waals surface area contributed by atoms with Crippen molar-refractivity contribution in [1.29, 1.82) is 0 Å². The highest BCUT2D eigenvalue weighted by atomic mass is 16.1. The summed E-state index contributed by atoms with van der Waals surface area (Å²) in [6.45, 7) is 1.98. The van der Waals surface area contributed by atoms with Crippen LogP contribution in [0.25, 0.3) is 0 Å². The molecule has 0 aliphatic rings. The first-order valence-electron chi connectivity index (χ1n) is 4.57. The largest absolute Gasteiger partial charge is 0.369 e. The summed E-state index contributed by atoms with van der Waals surface area (Å²) in [6.07, 6.45) is 1.57. The average molecular weight is 177 g/mol. The molecule has 0 fully saturated rings. The number of nitrogens with two attached hydrogens (primary N) is 1. The van der Waals surface area contributed by atoms with E-state index in [9.17, 15) is 4.79 Å². The van der Waals surface area contributed by atoms with E-state index in [2.05, 4.69) is 0 Å². The lowest BCUT2D eigenvalue weighted by atomic mass is 9.96. The molecule has 0 aliphatic heterocycles. The van der Waals surface area contributed by atoms with Crippen molar-refractivity contribution in [2.75, 3.05) is 0 Å². The van der Waals surface area contributed by atoms with Crippen molar-refractivity contribution in [3.8, 4) is 0 Å². The van der Waals surface area contributed by atoms with Crippen molar-refractivity contribution in [3.05, 3.63) is 35.9 Å². The van der Waals surface area contributed by atoms with E-state index >= 15 is 0 Å². The molecule has 0 saturated heterocycles. The van der Waals surface area contributed by atoms with Crippen LogP contribution in [0.15, 0.2) is 30.3 Å². The van der Waals surface area contributed by atoms with Gasteiger partial charge < -0.3 is 5.73 Å². The summed E-state index contributed by atoms with van der Waals surface area (Å²) in [4.78, 5) is 11.0. The fourth-order valence-corrected chi connectivity index (χ4v) is 1.34. The Morgan fingerprint density at radius 1 is 1.38 bits per heavy atom. The molecule has 2 N–H and O–H groups in total. The van der Waals surface area contributed by atoms with Gasteiger partial charge in [0.05, 0.1) is 0 Å². The number of amides is 1. The van der Waals surface area contributed by atoms with Crippen LogP contribution in [0.2, 0.25) is 0 Å². The quantitative estimate of drug-likeness (QED) is 0.748. The Balaban J connectivity index is 2.62. The molecule has 0 heterocycles. The molecule has 0 saturated carbocycles. The van der Waals surface area contributed by atoms with Gasteiger partial charge in [0, 0.05) is 5.92 Å². The number of carbonyl (C=O) groups is 1. The molecular formula is C11H15NO. The van der Waals surface area contributed by atoms with Crippen molar-refractivity contribution in [2.45, 2.75) is 19.8 Å². The molecule has 0 spiro atoms. The molecule has 0 bridgehead atoms. The Hall–Kier alpha value is -1.31. The Morgan fingerprint density at radius 3 is 2.46 bits per heavy atom. The molecule has 0 radical (unpaired) electrons. The van der Waals surface area contributed by atoms with Crippen molar-refractivity contribution >= 4 is 5.91 Å². The van der Waals surface area contributed by atoms with Crippen LogP contribution in [0, 0.1) is 5.92 Å². The van der Waals surface area contributed by atoms with Crippen molar-refractivity contribution < 1.29 is 4.79 Å². The SMILES string of the molecule is CC[C@H](Cc1ccccc1)C(N)=O. The fourth-order valence-electron chi connectivity index (χ4n) is 1.34. The van der Waals surface area contributed by atoms with Gasteiger partial charge in [-0.2, -0.15) is 0 Å². The van der Waals surface area contributed by atoms with Gasteiger partial charge in [0.1, 0.15) is 0 Å². The summed E-state index contributed by atoms with van der Waals surface area (Å²) in [5.41, 5.74) is 6.43. The summed E-state index contributed by atoms with van der Waals surface area (Å²) < 4.78 is 0. The van der Waals surface area contributed by atoms with Crippen molar-refractivity contribution in [1.82, 2.24) is 0 Å². The first-order valence-corrected chi connectivity index (χ1v) is 4.57. The molecule has 1 amide bonds. The van der Waals surface area contributed by atoms with Crippen LogP contribution in [-0.4, -0.2) is 5.91 Å². The maximum Gasteiger partial charge on any atom is 0.220 e. The standard InChI is InChI=1S/C11H15NO/c1-2-10(11(12)13)8-9-6-4-3-5-7-9/h3-7,10H,2,8H2,1H3,(H2,12,13)/t10-/m1/s1. The monoisotopic (exact) mass is 177 g/mol. The van der Waals surface area contributed by atoms with Crippen LogP contribution >= 0.6 is 0 Å². The van der Waals surface area contributed by atoms with Gasteiger partial charge >= 0.3 is 0 Å². The average Bonchev–Trinajstić information content (AvgIpc) is 2.15. The molecule has 1 aromatic rings. The van der Waals surface area contributed by atoms with Crippen molar-refractivity contribution in [3.63, 3.8) is 0 Å². The highest BCUT2D eigenvalue weighted by Crippen LogP contribution is 2.11. The second kappa shape index (κ2) is 4.65. The maximum absolute atomic E-state index is 11.0. The van der Waals surface area contributed by atoms with Gasteiger partial charge in [-0.3, -0.25) is 4.79 Å². The highest BCUT2D eigenvalue weighted by molar-refractivity contribution is 5.76. The van der Waals surface area contributed by atoms with Gasteiger partial charge in [0.25, 0.3) is 0 Å². The summed E-state index contributed by atoms with van der Waals surface area (Å²) in [6, 6.07) is 9.96. The van der Waals surface area contributed by atoms with Gasteiger partial charge in [-0.25, -0.2) is 0 Å². The smallest absolute Gasteiger partial charge is 0.220 e. The number of benzene rings is 1. The van der Waals surface area contributed by atoms with Gasteiger partial charge in [-0.1, -0.05) is 37.3 Å². The number of hydrogen-bond donors (Lipinski definition) is 1. The molecule has 1 atom stereocenters. The van der Waals surface area contributed by atoms with Crippen LogP contribution in [0.1, 0.15) is 18.9 Å². The van der Waals surface area contributed by atoms with E-state index in [1.54, 1.807) is 0 Å². The fraction of sp³-hybridized carbons (Fsp3) is 0.364. The Labute approximate surface area is 78.8 Å².